The lowest BCUT2D eigenvalue weighted by molar-refractivity contribution is -0.617. The summed E-state index contributed by atoms with van der Waals surface area (Å²) in [7, 11) is 0. The minimum absolute atomic E-state index is 0.0200. The van der Waals surface area contributed by atoms with E-state index in [0.717, 1.165) is 10.9 Å². The van der Waals surface area contributed by atoms with Gasteiger partial charge in [-0.15, -0.1) is 0 Å². The van der Waals surface area contributed by atoms with Crippen LogP contribution in [0.1, 0.15) is 6.92 Å². The fourth-order valence-corrected chi connectivity index (χ4v) is 1.72. The number of hydrazine groups is 1. The van der Waals surface area contributed by atoms with Crippen molar-refractivity contribution < 1.29 is 15.3 Å². The molecule has 0 saturated heterocycles. The summed E-state index contributed by atoms with van der Waals surface area (Å²) in [6, 6.07) is 4.65. The number of fused-ring (bicyclic) bond motifs is 1. The van der Waals surface area contributed by atoms with Crippen molar-refractivity contribution in [2.45, 2.75) is 19.5 Å². The first-order valence-electron chi connectivity index (χ1n) is 5.33. The van der Waals surface area contributed by atoms with Crippen LogP contribution in [0.2, 0.25) is 0 Å². The molecule has 1 aromatic heterocycles. The Hall–Kier alpha value is -2.51. The van der Waals surface area contributed by atoms with E-state index < -0.39 is 0 Å². The molecular weight excluding hydrogens is 238 g/mol. The predicted octanol–water partition coefficient (Wildman–Crippen LogP) is 0.987. The van der Waals surface area contributed by atoms with Crippen molar-refractivity contribution in [3.63, 3.8) is 0 Å². The Bertz CT molecular complexity index is 580. The highest BCUT2D eigenvalue weighted by Crippen LogP contribution is 2.19. The number of aromatic hydroxyl groups is 1. The van der Waals surface area contributed by atoms with Crippen LogP contribution in [-0.4, -0.2) is 31.1 Å². The maximum absolute atomic E-state index is 10.8. The van der Waals surface area contributed by atoms with Crippen molar-refractivity contribution in [2.24, 2.45) is 5.28 Å². The first-order chi connectivity index (χ1) is 8.60. The van der Waals surface area contributed by atoms with Crippen molar-refractivity contribution >= 4 is 10.9 Å². The summed E-state index contributed by atoms with van der Waals surface area (Å²) in [4.78, 5) is -0.0200. The Morgan fingerprint density at radius 2 is 2.39 bits per heavy atom. The minimum atomic E-state index is -0.288. The third kappa shape index (κ3) is 2.42. The highest BCUT2D eigenvalue weighted by molar-refractivity contribution is 5.79. The summed E-state index contributed by atoms with van der Waals surface area (Å²) in [5, 5.41) is 35.9. The average Bonchev–Trinajstić information content (AvgIpc) is 2.71. The predicted molar refractivity (Wildman–Crippen MR) is 61.8 cm³/mol. The molecule has 0 radical (unpaired) electrons. The van der Waals surface area contributed by atoms with Crippen LogP contribution in [0.3, 0.4) is 0 Å². The molecule has 0 bridgehead atoms. The summed E-state index contributed by atoms with van der Waals surface area (Å²) >= 11 is 0. The van der Waals surface area contributed by atoms with E-state index in [4.69, 9.17) is 5.21 Å². The lowest BCUT2D eigenvalue weighted by Gasteiger charge is -2.11. The van der Waals surface area contributed by atoms with Crippen molar-refractivity contribution in [1.82, 2.24) is 15.2 Å². The number of nitrogens with zero attached hydrogens (tertiary/aromatic N) is 4. The quantitative estimate of drug-likeness (QED) is 0.426. The van der Waals surface area contributed by atoms with E-state index in [1.54, 1.807) is 36.0 Å². The number of benzene rings is 1. The average molecular weight is 251 g/mol. The zero-order valence-corrected chi connectivity index (χ0v) is 9.69. The summed E-state index contributed by atoms with van der Waals surface area (Å²) in [5.41, 5.74) is 3.15. The van der Waals surface area contributed by atoms with Gasteiger partial charge in [-0.25, -0.2) is 0 Å². The number of aromatic nitrogens is 2. The number of phenols is 1. The van der Waals surface area contributed by atoms with Crippen molar-refractivity contribution in [2.75, 3.05) is 0 Å². The van der Waals surface area contributed by atoms with Gasteiger partial charge in [-0.05, 0) is 19.1 Å². The minimum Gasteiger partial charge on any atom is -0.569 e. The van der Waals surface area contributed by atoms with Crippen LogP contribution in [0, 0.1) is 5.21 Å². The van der Waals surface area contributed by atoms with Crippen LogP contribution in [0.4, 0.5) is 0 Å². The zero-order valence-electron chi connectivity index (χ0n) is 9.69. The molecule has 8 heteroatoms. The van der Waals surface area contributed by atoms with E-state index in [0.29, 0.717) is 6.54 Å². The van der Waals surface area contributed by atoms with Crippen molar-refractivity contribution in [1.29, 1.82) is 0 Å². The zero-order chi connectivity index (χ0) is 13.1. The van der Waals surface area contributed by atoms with Gasteiger partial charge in [0.2, 0.25) is 5.28 Å². The molecule has 1 aromatic carbocycles. The van der Waals surface area contributed by atoms with Crippen LogP contribution < -0.4 is 5.43 Å². The fraction of sp³-hybridized carbons (Fsp3) is 0.300. The Morgan fingerprint density at radius 1 is 1.61 bits per heavy atom. The van der Waals surface area contributed by atoms with Crippen LogP contribution >= 0.6 is 0 Å². The second-order valence-electron chi connectivity index (χ2n) is 3.96. The van der Waals surface area contributed by atoms with Crippen LogP contribution in [0.25, 0.3) is 10.9 Å². The van der Waals surface area contributed by atoms with Crippen molar-refractivity contribution in [3.8, 4) is 5.75 Å². The molecule has 2 rings (SSSR count). The lowest BCUT2D eigenvalue weighted by atomic mass is 10.2. The summed E-state index contributed by atoms with van der Waals surface area (Å²) in [5.74, 6) is 0.153. The van der Waals surface area contributed by atoms with E-state index in [2.05, 4.69) is 15.8 Å². The van der Waals surface area contributed by atoms with Crippen molar-refractivity contribution in [3.05, 3.63) is 29.6 Å². The maximum atomic E-state index is 10.8. The number of hydrogen-bond acceptors (Lipinski definition) is 4. The molecule has 0 aliphatic carbocycles. The Kier molecular flexibility index (Phi) is 3.18. The molecule has 18 heavy (non-hydrogen) atoms. The smallest absolute Gasteiger partial charge is 0.230 e. The second kappa shape index (κ2) is 4.78. The first-order valence-corrected chi connectivity index (χ1v) is 5.33. The fourth-order valence-electron chi connectivity index (χ4n) is 1.72. The Morgan fingerprint density at radius 3 is 3.11 bits per heavy atom. The standard InChI is InChI=1S/C10H13N5O3/c1-7(12-15(18)13-17)6-14-10-4-9(16)3-2-8(10)5-11-14/h2-5,7,16-17H,6H2,1H3,(H,12,13)/t7-/m0/s1. The van der Waals surface area contributed by atoms with Gasteiger partial charge in [-0.1, -0.05) is 0 Å². The molecule has 0 unspecified atom stereocenters. The summed E-state index contributed by atoms with van der Waals surface area (Å²) in [6.45, 7) is 2.13. The molecule has 3 N–H and O–H groups in total. The largest absolute Gasteiger partial charge is 0.569 e. The van der Waals surface area contributed by atoms with Gasteiger partial charge in [0.25, 0.3) is 0 Å². The van der Waals surface area contributed by atoms with E-state index in [9.17, 15) is 10.3 Å². The van der Waals surface area contributed by atoms with Crippen LogP contribution in [0.15, 0.2) is 29.7 Å². The number of nitrogens with one attached hydrogen (secondary N) is 1. The van der Waals surface area contributed by atoms with Gasteiger partial charge in [0.1, 0.15) is 11.8 Å². The number of phenolic OH excluding ortho intramolecular Hbond substituents is 1. The maximum Gasteiger partial charge on any atom is 0.230 e. The van der Waals surface area contributed by atoms with Gasteiger partial charge in [-0.3, -0.25) is 4.68 Å². The molecule has 1 heterocycles. The highest BCUT2D eigenvalue weighted by Gasteiger charge is 2.10. The molecule has 0 fully saturated rings. The van der Waals surface area contributed by atoms with Crippen LogP contribution in [0.5, 0.6) is 5.75 Å². The SMILES string of the molecule is C[C@@H](Cn1ncc2ccc(O)cc21)N/[N+]([O-])=N/O. The van der Waals surface area contributed by atoms with Gasteiger partial charge in [0, 0.05) is 11.5 Å². The highest BCUT2D eigenvalue weighted by atomic mass is 16.6. The molecule has 96 valence electrons. The van der Waals surface area contributed by atoms with Gasteiger partial charge in [0.05, 0.1) is 23.2 Å². The number of rotatable bonds is 4. The summed E-state index contributed by atoms with van der Waals surface area (Å²) < 4.78 is 1.65. The normalized spacial score (nSPS) is 13.7. The topological polar surface area (TPSA) is 109 Å². The van der Waals surface area contributed by atoms with Crippen LogP contribution in [-0.2, 0) is 6.54 Å². The van der Waals surface area contributed by atoms with Gasteiger partial charge < -0.3 is 15.5 Å². The monoisotopic (exact) mass is 251 g/mol. The van der Waals surface area contributed by atoms with Gasteiger partial charge >= 0.3 is 0 Å². The van der Waals surface area contributed by atoms with Gasteiger partial charge in [-0.2, -0.15) is 10.5 Å². The lowest BCUT2D eigenvalue weighted by Crippen LogP contribution is -2.35. The van der Waals surface area contributed by atoms with E-state index in [1.807, 2.05) is 0 Å². The molecule has 8 nitrogen and oxygen atoms in total. The molecule has 0 saturated carbocycles. The molecule has 0 aliphatic heterocycles. The van der Waals surface area contributed by atoms with E-state index in [-0.39, 0.29) is 16.8 Å². The number of hydrogen-bond donors (Lipinski definition) is 3. The second-order valence-corrected chi connectivity index (χ2v) is 3.96. The Labute approximate surface area is 102 Å². The Balaban J connectivity index is 2.19. The third-order valence-corrected chi connectivity index (χ3v) is 2.49. The van der Waals surface area contributed by atoms with E-state index >= 15 is 0 Å². The molecule has 0 amide bonds. The summed E-state index contributed by atoms with van der Waals surface area (Å²) in [6.07, 6.45) is 1.67. The molecule has 2 aromatic rings. The molecular formula is C10H13N5O3. The van der Waals surface area contributed by atoms with E-state index in [1.165, 1.54) is 0 Å². The van der Waals surface area contributed by atoms with Gasteiger partial charge in [0.15, 0.2) is 0 Å². The molecule has 0 spiro atoms. The molecule has 0 aliphatic rings. The first kappa shape index (κ1) is 12.0. The molecule has 1 atom stereocenters. The third-order valence-electron chi connectivity index (χ3n) is 2.49.